The Morgan fingerprint density at radius 2 is 1.87 bits per heavy atom. The van der Waals surface area contributed by atoms with Crippen molar-refractivity contribution in [3.63, 3.8) is 0 Å². The Hall–Kier alpha value is -2.55. The second-order valence-electron chi connectivity index (χ2n) is 6.63. The van der Waals surface area contributed by atoms with Gasteiger partial charge in [0.25, 0.3) is 0 Å². The summed E-state index contributed by atoms with van der Waals surface area (Å²) < 4.78 is 14.3. The van der Waals surface area contributed by atoms with Crippen LogP contribution in [0.5, 0.6) is 0 Å². The minimum Gasteiger partial charge on any atom is -0.278 e. The zero-order chi connectivity index (χ0) is 16.0. The molecule has 3 aromatic rings. The van der Waals surface area contributed by atoms with Gasteiger partial charge in [-0.15, -0.1) is 0 Å². The summed E-state index contributed by atoms with van der Waals surface area (Å²) in [4.78, 5) is 9.41. The van der Waals surface area contributed by atoms with Crippen LogP contribution in [-0.2, 0) is 6.42 Å². The van der Waals surface area contributed by atoms with Gasteiger partial charge in [-0.2, -0.15) is 0 Å². The average Bonchev–Trinajstić information content (AvgIpc) is 2.54. The van der Waals surface area contributed by atoms with Crippen LogP contribution in [0.4, 0.5) is 4.39 Å². The van der Waals surface area contributed by atoms with Crippen molar-refractivity contribution in [2.75, 3.05) is 0 Å². The first-order valence-corrected chi connectivity index (χ1v) is 7.76. The highest BCUT2D eigenvalue weighted by molar-refractivity contribution is 6.15. The molecule has 1 aromatic heterocycles. The van der Waals surface area contributed by atoms with Gasteiger partial charge >= 0.3 is 0 Å². The largest absolute Gasteiger partial charge is 0.278 e. The molecule has 2 heterocycles. The zero-order valence-electron chi connectivity index (χ0n) is 13.2. The fourth-order valence-corrected chi connectivity index (χ4v) is 3.22. The maximum atomic E-state index is 14.3. The van der Waals surface area contributed by atoms with E-state index in [9.17, 15) is 4.39 Å². The van der Waals surface area contributed by atoms with E-state index >= 15 is 0 Å². The molecular formula is C20H17FN2. The monoisotopic (exact) mass is 304 g/mol. The van der Waals surface area contributed by atoms with Crippen LogP contribution in [0, 0.1) is 5.82 Å². The van der Waals surface area contributed by atoms with Crippen molar-refractivity contribution in [3.8, 4) is 0 Å². The average molecular weight is 304 g/mol. The van der Waals surface area contributed by atoms with Crippen LogP contribution in [-0.4, -0.2) is 16.2 Å². The molecule has 1 aliphatic rings. The van der Waals surface area contributed by atoms with Crippen molar-refractivity contribution in [3.05, 3.63) is 77.2 Å². The van der Waals surface area contributed by atoms with Gasteiger partial charge in [-0.05, 0) is 37.6 Å². The lowest BCUT2D eigenvalue weighted by molar-refractivity contribution is 0.492. The highest BCUT2D eigenvalue weighted by atomic mass is 19.1. The van der Waals surface area contributed by atoms with Gasteiger partial charge in [-0.1, -0.05) is 30.3 Å². The lowest BCUT2D eigenvalue weighted by Gasteiger charge is -2.29. The van der Waals surface area contributed by atoms with E-state index in [1.807, 2.05) is 50.4 Å². The molecule has 0 spiro atoms. The summed E-state index contributed by atoms with van der Waals surface area (Å²) in [6.45, 7) is 4.08. The number of halogens is 1. The van der Waals surface area contributed by atoms with E-state index in [0.29, 0.717) is 6.42 Å². The number of aromatic nitrogens is 1. The Kier molecular flexibility index (Phi) is 3.05. The molecule has 0 atom stereocenters. The fraction of sp³-hybridized carbons (Fsp3) is 0.200. The van der Waals surface area contributed by atoms with Gasteiger partial charge in [0.05, 0.1) is 16.8 Å². The van der Waals surface area contributed by atoms with Gasteiger partial charge in [-0.3, -0.25) is 9.98 Å². The summed E-state index contributed by atoms with van der Waals surface area (Å²) in [5.74, 6) is -0.156. The first kappa shape index (κ1) is 14.1. The Morgan fingerprint density at radius 3 is 2.74 bits per heavy atom. The van der Waals surface area contributed by atoms with Gasteiger partial charge in [0.1, 0.15) is 5.82 Å². The Bertz CT molecular complexity index is 941. The van der Waals surface area contributed by atoms with Crippen LogP contribution in [0.3, 0.4) is 0 Å². The molecular weight excluding hydrogens is 287 g/mol. The van der Waals surface area contributed by atoms with Gasteiger partial charge in [-0.25, -0.2) is 4.39 Å². The summed E-state index contributed by atoms with van der Waals surface area (Å²) in [7, 11) is 0. The standard InChI is InChI=1S/C20H17FN2/c1-20(2)11-16-15(7-5-8-17(16)21)19(23-20)14-10-13-6-3-4-9-18(13)22-12-14/h3-10,12H,11H2,1-2H3. The maximum Gasteiger partial charge on any atom is 0.127 e. The van der Waals surface area contributed by atoms with E-state index in [1.165, 1.54) is 6.07 Å². The van der Waals surface area contributed by atoms with Gasteiger partial charge < -0.3 is 0 Å². The molecule has 0 N–H and O–H groups in total. The van der Waals surface area contributed by atoms with E-state index in [4.69, 9.17) is 4.99 Å². The number of fused-ring (bicyclic) bond motifs is 2. The van der Waals surface area contributed by atoms with E-state index in [0.717, 1.165) is 33.3 Å². The molecule has 0 saturated carbocycles. The van der Waals surface area contributed by atoms with E-state index in [-0.39, 0.29) is 11.4 Å². The fourth-order valence-electron chi connectivity index (χ4n) is 3.22. The molecule has 2 nitrogen and oxygen atoms in total. The highest BCUT2D eigenvalue weighted by Crippen LogP contribution is 2.31. The summed E-state index contributed by atoms with van der Waals surface area (Å²) in [6, 6.07) is 15.3. The summed E-state index contributed by atoms with van der Waals surface area (Å²) >= 11 is 0. The third-order valence-corrected chi connectivity index (χ3v) is 4.26. The van der Waals surface area contributed by atoms with Gasteiger partial charge in [0, 0.05) is 29.1 Å². The normalized spacial score (nSPS) is 16.0. The number of hydrogen-bond donors (Lipinski definition) is 0. The molecule has 3 heteroatoms. The lowest BCUT2D eigenvalue weighted by Crippen LogP contribution is -2.30. The van der Waals surface area contributed by atoms with Crippen LogP contribution < -0.4 is 0 Å². The Morgan fingerprint density at radius 1 is 1.04 bits per heavy atom. The van der Waals surface area contributed by atoms with Crippen LogP contribution in [0.1, 0.15) is 30.5 Å². The Balaban J connectivity index is 1.95. The predicted octanol–water partition coefficient (Wildman–Crippen LogP) is 4.55. The minimum atomic E-state index is -0.323. The first-order chi connectivity index (χ1) is 11.0. The van der Waals surface area contributed by atoms with Gasteiger partial charge in [0.2, 0.25) is 0 Å². The van der Waals surface area contributed by atoms with Crippen molar-refractivity contribution < 1.29 is 4.39 Å². The third kappa shape index (κ3) is 2.42. The first-order valence-electron chi connectivity index (χ1n) is 7.76. The summed E-state index contributed by atoms with van der Waals surface area (Å²) in [5, 5.41) is 1.06. The van der Waals surface area contributed by atoms with Crippen molar-refractivity contribution in [2.24, 2.45) is 4.99 Å². The number of hydrogen-bond acceptors (Lipinski definition) is 2. The number of benzene rings is 2. The van der Waals surface area contributed by atoms with Crippen molar-refractivity contribution in [1.82, 2.24) is 4.98 Å². The molecule has 4 rings (SSSR count). The molecule has 2 aromatic carbocycles. The highest BCUT2D eigenvalue weighted by Gasteiger charge is 2.29. The molecule has 0 radical (unpaired) electrons. The van der Waals surface area contributed by atoms with Crippen molar-refractivity contribution >= 4 is 16.6 Å². The van der Waals surface area contributed by atoms with Crippen LogP contribution in [0.25, 0.3) is 10.9 Å². The van der Waals surface area contributed by atoms with Crippen LogP contribution in [0.2, 0.25) is 0 Å². The molecule has 1 aliphatic heterocycles. The number of nitrogens with zero attached hydrogens (tertiary/aromatic N) is 2. The third-order valence-electron chi connectivity index (χ3n) is 4.26. The summed E-state index contributed by atoms with van der Waals surface area (Å²) in [6.07, 6.45) is 2.44. The molecule has 0 bridgehead atoms. The van der Waals surface area contributed by atoms with Crippen molar-refractivity contribution in [1.29, 1.82) is 0 Å². The van der Waals surface area contributed by atoms with Crippen LogP contribution in [0.15, 0.2) is 59.7 Å². The number of aliphatic imine (C=N–C) groups is 1. The zero-order valence-corrected chi connectivity index (χ0v) is 13.2. The number of pyridine rings is 1. The van der Waals surface area contributed by atoms with Gasteiger partial charge in [0.15, 0.2) is 0 Å². The molecule has 0 amide bonds. The van der Waals surface area contributed by atoms with Crippen LogP contribution >= 0.6 is 0 Å². The SMILES string of the molecule is CC1(C)Cc2c(F)cccc2C(c2cnc3ccccc3c2)=N1. The quantitative estimate of drug-likeness (QED) is 0.647. The van der Waals surface area contributed by atoms with E-state index < -0.39 is 0 Å². The maximum absolute atomic E-state index is 14.3. The molecule has 23 heavy (non-hydrogen) atoms. The predicted molar refractivity (Wildman–Crippen MR) is 91.6 cm³/mol. The molecule has 0 saturated heterocycles. The minimum absolute atomic E-state index is 0.156. The van der Waals surface area contributed by atoms with E-state index in [2.05, 4.69) is 11.1 Å². The van der Waals surface area contributed by atoms with E-state index in [1.54, 1.807) is 6.07 Å². The summed E-state index contributed by atoms with van der Waals surface area (Å²) in [5.41, 5.74) is 4.01. The molecule has 0 fully saturated rings. The second kappa shape index (κ2) is 4.98. The number of para-hydroxylation sites is 1. The molecule has 0 aliphatic carbocycles. The molecule has 114 valence electrons. The Labute approximate surface area is 134 Å². The second-order valence-corrected chi connectivity index (χ2v) is 6.63. The number of rotatable bonds is 1. The molecule has 0 unspecified atom stereocenters. The smallest absolute Gasteiger partial charge is 0.127 e. The topological polar surface area (TPSA) is 25.2 Å². The lowest BCUT2D eigenvalue weighted by atomic mass is 9.85. The van der Waals surface area contributed by atoms with Crippen molar-refractivity contribution in [2.45, 2.75) is 25.8 Å².